The Kier molecular flexibility index (Phi) is 78.7. The summed E-state index contributed by atoms with van der Waals surface area (Å²) in [5.74, 6) is -1.64. The molecule has 111 heavy (non-hydrogen) atoms. The maximum atomic E-state index is 13.0. The van der Waals surface area contributed by atoms with Crippen molar-refractivity contribution in [2.75, 3.05) is 39.6 Å². The first-order chi connectivity index (χ1) is 54.2. The van der Waals surface area contributed by atoms with Gasteiger partial charge in [-0.2, -0.15) is 0 Å². The SMILES string of the molecule is CC/C=C\C/C=C\C/C=C\C/C=C\C/C=C\C/C=C\CCCCCCCCCCC(=O)OCC(O)COP(=O)(O)OCC(O)COP(=O)(O)OCC(COC(=O)CCCCCCCC/C=C\C/C=C\C/C=C\C/C=C\C/C=C\C/C=C\CC)OC(=O)CCCCCC/C=C\C/C=C\C/C=C\C/C=C\C/C=C\C/C=C\CC. The number of phosphoric ester groups is 2. The highest BCUT2D eigenvalue weighted by molar-refractivity contribution is 7.47. The first-order valence-electron chi connectivity index (χ1n) is 42.0. The van der Waals surface area contributed by atoms with Gasteiger partial charge in [-0.15, -0.1) is 0 Å². The van der Waals surface area contributed by atoms with Crippen molar-refractivity contribution >= 4 is 33.6 Å². The third kappa shape index (κ3) is 84.6. The molecule has 626 valence electrons. The van der Waals surface area contributed by atoms with Crippen LogP contribution in [0, 0.1) is 0 Å². The maximum absolute atomic E-state index is 13.0. The van der Waals surface area contributed by atoms with E-state index in [1.165, 1.54) is 19.3 Å². The van der Waals surface area contributed by atoms with E-state index in [0.717, 1.165) is 212 Å². The van der Waals surface area contributed by atoms with Crippen LogP contribution in [0.5, 0.6) is 0 Å². The van der Waals surface area contributed by atoms with Gasteiger partial charge >= 0.3 is 33.6 Å². The highest BCUT2D eigenvalue weighted by Crippen LogP contribution is 2.45. The van der Waals surface area contributed by atoms with E-state index in [0.29, 0.717) is 19.3 Å². The molecule has 0 amide bonds. The van der Waals surface area contributed by atoms with Crippen molar-refractivity contribution in [3.63, 3.8) is 0 Å². The highest BCUT2D eigenvalue weighted by atomic mass is 31.2. The third-order valence-electron chi connectivity index (χ3n) is 16.7. The van der Waals surface area contributed by atoms with Gasteiger partial charge in [-0.3, -0.25) is 32.5 Å². The average Bonchev–Trinajstić information content (AvgIpc) is 0.897. The number of unbranched alkanes of at least 4 members (excludes halogenated alkanes) is 18. The number of rotatable bonds is 77. The number of carbonyl (C=O) groups excluding carboxylic acids is 3. The molecule has 0 radical (unpaired) electrons. The summed E-state index contributed by atoms with van der Waals surface area (Å²) in [5, 5.41) is 20.7. The molecule has 18 heteroatoms. The smallest absolute Gasteiger partial charge is 0.463 e. The van der Waals surface area contributed by atoms with Gasteiger partial charge in [0, 0.05) is 19.3 Å². The monoisotopic (exact) mass is 1580 g/mol. The van der Waals surface area contributed by atoms with Crippen molar-refractivity contribution in [3.05, 3.63) is 219 Å². The molecule has 5 unspecified atom stereocenters. The van der Waals surface area contributed by atoms with Gasteiger partial charge in [-0.1, -0.05) is 317 Å². The molecule has 0 heterocycles. The third-order valence-corrected chi connectivity index (χ3v) is 18.6. The Labute approximate surface area is 672 Å². The maximum Gasteiger partial charge on any atom is 0.472 e. The van der Waals surface area contributed by atoms with Crippen molar-refractivity contribution in [2.45, 2.75) is 309 Å². The second-order valence-corrected chi connectivity index (χ2v) is 30.0. The van der Waals surface area contributed by atoms with Gasteiger partial charge in [0.2, 0.25) is 0 Å². The Morgan fingerprint density at radius 3 is 0.712 bits per heavy atom. The fourth-order valence-corrected chi connectivity index (χ4v) is 12.0. The van der Waals surface area contributed by atoms with Crippen LogP contribution in [0.2, 0.25) is 0 Å². The van der Waals surface area contributed by atoms with Crippen LogP contribution in [0.4, 0.5) is 0 Å². The minimum Gasteiger partial charge on any atom is -0.463 e. The van der Waals surface area contributed by atoms with E-state index < -0.39 is 91.5 Å². The molecule has 0 aromatic heterocycles. The minimum atomic E-state index is -4.96. The number of esters is 3. The average molecular weight is 1580 g/mol. The van der Waals surface area contributed by atoms with E-state index >= 15 is 0 Å². The summed E-state index contributed by atoms with van der Waals surface area (Å²) in [6, 6.07) is 0. The Bertz CT molecular complexity index is 2900. The van der Waals surface area contributed by atoms with Crippen LogP contribution < -0.4 is 0 Å². The summed E-state index contributed by atoms with van der Waals surface area (Å²) in [4.78, 5) is 58.9. The lowest BCUT2D eigenvalue weighted by atomic mass is 10.1. The van der Waals surface area contributed by atoms with Crippen molar-refractivity contribution in [1.82, 2.24) is 0 Å². The lowest BCUT2D eigenvalue weighted by Crippen LogP contribution is -2.30. The number of carbonyl (C=O) groups is 3. The first kappa shape index (κ1) is 105. The lowest BCUT2D eigenvalue weighted by Gasteiger charge is -2.21. The molecule has 0 aliphatic heterocycles. The summed E-state index contributed by atoms with van der Waals surface area (Å²) in [6.07, 6.45) is 112. The quantitative estimate of drug-likeness (QED) is 0.0146. The van der Waals surface area contributed by atoms with Crippen LogP contribution in [-0.4, -0.2) is 95.9 Å². The Morgan fingerprint density at radius 1 is 0.252 bits per heavy atom. The van der Waals surface area contributed by atoms with Gasteiger partial charge in [-0.25, -0.2) is 9.13 Å². The lowest BCUT2D eigenvalue weighted by molar-refractivity contribution is -0.161. The standard InChI is InChI=1S/C93H148O16P2/c1-4-7-10-13-16-19-22-25-28-31-34-37-40-42-43-45-48-49-52-55-58-61-64-67-70-73-76-79-91(96)103-82-88(94)83-105-110(99,100)106-84-89(95)85-107-111(101,102)108-87-90(109-93(98)81-78-75-72-69-66-63-60-57-54-51-46-39-36-33-30-27-24-21-18-15-12-9-6-3)86-104-92(97)80-77-74-71-68-65-62-59-56-53-50-47-44-41-38-35-32-29-26-23-20-17-14-11-8-5-2/h7-12,16-21,25-30,34-39,42-44,47-49,51,53-54,56,60,63,88-90,94-95H,4-6,13-15,22-24,31-33,40-41,45-46,50,52,55,57-59,61-62,64-87H2,1-3H3,(H,99,100)(H,101,102)/b10-7-,11-8-,12-9-,19-16-,20-17-,21-18-,28-25-,29-26-,30-27-,37-34-,38-35-,39-36-,43-42-,47-44-,49-48-,54-51-,56-53-,63-60-. The summed E-state index contributed by atoms with van der Waals surface area (Å²) in [7, 11) is -9.84. The van der Waals surface area contributed by atoms with E-state index in [-0.39, 0.29) is 19.3 Å². The molecule has 0 rings (SSSR count). The van der Waals surface area contributed by atoms with Crippen LogP contribution in [0.25, 0.3) is 0 Å². The van der Waals surface area contributed by atoms with Crippen LogP contribution >= 0.6 is 15.6 Å². The molecular weight excluding hydrogens is 1430 g/mol. The van der Waals surface area contributed by atoms with Crippen molar-refractivity contribution in [1.29, 1.82) is 0 Å². The van der Waals surface area contributed by atoms with Gasteiger partial charge in [0.15, 0.2) is 6.10 Å². The van der Waals surface area contributed by atoms with Crippen molar-refractivity contribution in [2.24, 2.45) is 0 Å². The van der Waals surface area contributed by atoms with Crippen LogP contribution in [0.15, 0.2) is 219 Å². The molecule has 0 fully saturated rings. The topological polar surface area (TPSA) is 231 Å². The van der Waals surface area contributed by atoms with Crippen LogP contribution in [-0.2, 0) is 55.8 Å². The van der Waals surface area contributed by atoms with Gasteiger partial charge in [0.05, 0.1) is 26.4 Å². The number of hydrogen-bond donors (Lipinski definition) is 4. The Morgan fingerprint density at radius 2 is 0.450 bits per heavy atom. The predicted octanol–water partition coefficient (Wildman–Crippen LogP) is 25.4. The predicted molar refractivity (Wildman–Crippen MR) is 463 cm³/mol. The van der Waals surface area contributed by atoms with Crippen molar-refractivity contribution in [3.8, 4) is 0 Å². The molecule has 0 aromatic rings. The van der Waals surface area contributed by atoms with E-state index in [1.807, 2.05) is 0 Å². The number of phosphoric acid groups is 2. The molecule has 4 N–H and O–H groups in total. The first-order valence-corrected chi connectivity index (χ1v) is 45.0. The number of allylic oxidation sites excluding steroid dienone is 36. The van der Waals surface area contributed by atoms with Crippen LogP contribution in [0.3, 0.4) is 0 Å². The van der Waals surface area contributed by atoms with E-state index in [9.17, 15) is 43.5 Å². The van der Waals surface area contributed by atoms with E-state index in [4.69, 9.17) is 32.3 Å². The Hall–Kier alpha value is -6.13. The molecule has 0 aliphatic rings. The molecule has 0 spiro atoms. The van der Waals surface area contributed by atoms with Crippen LogP contribution in [0.1, 0.15) is 290 Å². The summed E-state index contributed by atoms with van der Waals surface area (Å²) in [6.45, 7) is 2.26. The zero-order chi connectivity index (χ0) is 80.8. The van der Waals surface area contributed by atoms with Crippen molar-refractivity contribution < 1.29 is 75.8 Å². The fraction of sp³-hybridized carbons (Fsp3) is 0.581. The second-order valence-electron chi connectivity index (χ2n) is 27.1. The Balaban J connectivity index is 4.77. The van der Waals surface area contributed by atoms with Gasteiger partial charge < -0.3 is 34.2 Å². The summed E-state index contributed by atoms with van der Waals surface area (Å²) < 4.78 is 61.3. The molecule has 0 aliphatic carbocycles. The van der Waals surface area contributed by atoms with E-state index in [2.05, 4.69) is 240 Å². The highest BCUT2D eigenvalue weighted by Gasteiger charge is 2.29. The molecule has 0 saturated carbocycles. The molecule has 0 saturated heterocycles. The zero-order valence-corrected chi connectivity index (χ0v) is 70.3. The molecule has 0 aromatic carbocycles. The normalized spacial score (nSPS) is 15.0. The fourth-order valence-electron chi connectivity index (χ4n) is 10.4. The molecule has 5 atom stereocenters. The molecule has 0 bridgehead atoms. The number of aliphatic hydroxyl groups is 2. The number of aliphatic hydroxyl groups excluding tert-OH is 2. The van der Waals surface area contributed by atoms with Gasteiger partial charge in [-0.05, 0) is 173 Å². The zero-order valence-electron chi connectivity index (χ0n) is 68.5. The second kappa shape index (κ2) is 83.3. The largest absolute Gasteiger partial charge is 0.472 e. The van der Waals surface area contributed by atoms with E-state index in [1.54, 1.807) is 0 Å². The summed E-state index contributed by atoms with van der Waals surface area (Å²) in [5.41, 5.74) is 0. The molecular formula is C93H148O16P2. The number of hydrogen-bond acceptors (Lipinski definition) is 14. The molecule has 16 nitrogen and oxygen atoms in total. The summed E-state index contributed by atoms with van der Waals surface area (Å²) >= 11 is 0. The number of ether oxygens (including phenoxy) is 3. The van der Waals surface area contributed by atoms with Gasteiger partial charge in [0.1, 0.15) is 25.4 Å². The van der Waals surface area contributed by atoms with Gasteiger partial charge in [0.25, 0.3) is 0 Å². The minimum absolute atomic E-state index is 0.0609.